The van der Waals surface area contributed by atoms with Crippen LogP contribution < -0.4 is 18.9 Å². The molecular weight excluding hydrogens is 492 g/mol. The molecule has 0 heterocycles. The van der Waals surface area contributed by atoms with Gasteiger partial charge in [0, 0.05) is 22.2 Å². The summed E-state index contributed by atoms with van der Waals surface area (Å²) in [5, 5.41) is 1.50. The van der Waals surface area contributed by atoms with E-state index in [0.29, 0.717) is 28.6 Å². The Balaban J connectivity index is 2.70. The average Bonchev–Trinajstić information content (AvgIpc) is 2.82. The maximum atomic E-state index is 13.2. The number of ether oxygens (including phenoxy) is 4. The Morgan fingerprint density at radius 2 is 1.38 bits per heavy atom. The molecule has 0 saturated carbocycles. The molecule has 0 aromatic heterocycles. The molecule has 2 rings (SSSR count). The molecule has 0 unspecified atom stereocenters. The minimum absolute atomic E-state index is 0.202. The van der Waals surface area contributed by atoms with Crippen LogP contribution in [0.25, 0.3) is 10.8 Å². The summed E-state index contributed by atoms with van der Waals surface area (Å²) in [6.07, 6.45) is 5.45. The van der Waals surface area contributed by atoms with Gasteiger partial charge in [-0.05, 0) is 72.6 Å². The summed E-state index contributed by atoms with van der Waals surface area (Å²) >= 11 is 6.37. The zero-order chi connectivity index (χ0) is 27.8. The summed E-state index contributed by atoms with van der Waals surface area (Å²) < 4.78 is 24.3. The molecule has 0 aliphatic heterocycles. The molecule has 0 bridgehead atoms. The largest absolute Gasteiger partial charge is 0.484 e. The van der Waals surface area contributed by atoms with Crippen LogP contribution in [-0.4, -0.2) is 24.1 Å². The van der Waals surface area contributed by atoms with Crippen LogP contribution in [0.3, 0.4) is 0 Å². The number of hydrogen-bond acceptors (Lipinski definition) is 6. The second-order valence-electron chi connectivity index (χ2n) is 10.6. The fraction of sp³-hybridized carbons (Fsp3) is 0.600. The third-order valence-corrected chi connectivity index (χ3v) is 6.36. The number of unbranched alkanes of at least 4 members (excludes halogenated alkanes) is 4. The first-order chi connectivity index (χ1) is 17.4. The minimum atomic E-state index is -0.720. The van der Waals surface area contributed by atoms with Gasteiger partial charge in [0.1, 0.15) is 0 Å². The minimum Gasteiger partial charge on any atom is -0.484 e. The highest BCUT2D eigenvalue weighted by molar-refractivity contribution is 6.31. The van der Waals surface area contributed by atoms with Gasteiger partial charge in [-0.3, -0.25) is 9.59 Å². The zero-order valence-electron chi connectivity index (χ0n) is 23.7. The lowest BCUT2D eigenvalue weighted by atomic mass is 9.90. The highest BCUT2D eigenvalue weighted by atomic mass is 35.5. The van der Waals surface area contributed by atoms with Gasteiger partial charge < -0.3 is 18.9 Å². The molecule has 0 aliphatic rings. The smallest absolute Gasteiger partial charge is 0.317 e. The van der Waals surface area contributed by atoms with Gasteiger partial charge in [0.2, 0.25) is 11.5 Å². The summed E-state index contributed by atoms with van der Waals surface area (Å²) in [6.45, 7) is 15.2. The van der Waals surface area contributed by atoms with Gasteiger partial charge in [0.15, 0.2) is 11.5 Å². The lowest BCUT2D eigenvalue weighted by molar-refractivity contribution is -0.144. The summed E-state index contributed by atoms with van der Waals surface area (Å²) in [6, 6.07) is 5.14. The Kier molecular flexibility index (Phi) is 11.5. The normalized spacial score (nSPS) is 11.8. The van der Waals surface area contributed by atoms with Crippen LogP contribution in [-0.2, 0) is 9.59 Å². The molecule has 0 radical (unpaired) electrons. The monoisotopic (exact) mass is 534 g/mol. The predicted octanol–water partition coefficient (Wildman–Crippen LogP) is 8.68. The van der Waals surface area contributed by atoms with Gasteiger partial charge in [-0.2, -0.15) is 0 Å². The van der Waals surface area contributed by atoms with E-state index in [-0.39, 0.29) is 41.2 Å². The SMILES string of the molecule is CCCCCCCC(=O)Oc1c(OC(C)C)c(OC(C)C)c(OC(=O)C(C)(C)CC)c2cc(Cl)ccc12. The van der Waals surface area contributed by atoms with Gasteiger partial charge in [-0.15, -0.1) is 0 Å². The van der Waals surface area contributed by atoms with E-state index in [9.17, 15) is 9.59 Å². The molecular formula is C30H43ClO6. The molecule has 7 heteroatoms. The average molecular weight is 535 g/mol. The van der Waals surface area contributed by atoms with E-state index in [2.05, 4.69) is 6.92 Å². The van der Waals surface area contributed by atoms with Crippen LogP contribution in [0.5, 0.6) is 23.0 Å². The highest BCUT2D eigenvalue weighted by Gasteiger charge is 2.33. The molecule has 0 saturated heterocycles. The molecule has 0 N–H and O–H groups in total. The molecule has 0 spiro atoms. The Hall–Kier alpha value is -2.47. The van der Waals surface area contributed by atoms with Gasteiger partial charge in [0.05, 0.1) is 17.6 Å². The molecule has 2 aromatic rings. The maximum absolute atomic E-state index is 13.2. The third-order valence-electron chi connectivity index (χ3n) is 6.13. The fourth-order valence-corrected chi connectivity index (χ4v) is 3.83. The molecule has 37 heavy (non-hydrogen) atoms. The van der Waals surface area contributed by atoms with Crippen molar-refractivity contribution in [3.8, 4) is 23.0 Å². The van der Waals surface area contributed by atoms with E-state index in [1.54, 1.807) is 18.2 Å². The van der Waals surface area contributed by atoms with Crippen LogP contribution in [0.4, 0.5) is 0 Å². The molecule has 6 nitrogen and oxygen atoms in total. The van der Waals surface area contributed by atoms with Crippen molar-refractivity contribution >= 4 is 34.3 Å². The van der Waals surface area contributed by atoms with E-state index in [4.69, 9.17) is 30.5 Å². The highest BCUT2D eigenvalue weighted by Crippen LogP contribution is 2.53. The van der Waals surface area contributed by atoms with Gasteiger partial charge in [0.25, 0.3) is 0 Å². The van der Waals surface area contributed by atoms with E-state index in [0.717, 1.165) is 32.1 Å². The quantitative estimate of drug-likeness (QED) is 0.137. The lowest BCUT2D eigenvalue weighted by Gasteiger charge is -2.26. The maximum Gasteiger partial charge on any atom is 0.317 e. The molecule has 2 aromatic carbocycles. The lowest BCUT2D eigenvalue weighted by Crippen LogP contribution is -2.28. The van der Waals surface area contributed by atoms with Gasteiger partial charge >= 0.3 is 11.9 Å². The number of rotatable bonds is 14. The van der Waals surface area contributed by atoms with Gasteiger partial charge in [-0.1, -0.05) is 51.1 Å². The number of benzene rings is 2. The van der Waals surface area contributed by atoms with E-state index >= 15 is 0 Å². The number of carbonyl (C=O) groups is 2. The molecule has 0 aliphatic carbocycles. The van der Waals surface area contributed by atoms with Crippen LogP contribution in [0.15, 0.2) is 18.2 Å². The number of hydrogen-bond donors (Lipinski definition) is 0. The van der Waals surface area contributed by atoms with Crippen LogP contribution in [0, 0.1) is 5.41 Å². The summed E-state index contributed by atoms with van der Waals surface area (Å²) in [7, 11) is 0. The van der Waals surface area contributed by atoms with Crippen molar-refractivity contribution in [2.75, 3.05) is 0 Å². The number of fused-ring (bicyclic) bond motifs is 1. The van der Waals surface area contributed by atoms with Crippen LogP contribution >= 0.6 is 11.6 Å². The van der Waals surface area contributed by atoms with E-state index in [1.807, 2.05) is 48.5 Å². The summed E-state index contributed by atoms with van der Waals surface area (Å²) in [5.74, 6) is 0.127. The van der Waals surface area contributed by atoms with Crippen molar-refractivity contribution in [3.05, 3.63) is 23.2 Å². The third kappa shape index (κ3) is 8.53. The van der Waals surface area contributed by atoms with E-state index < -0.39 is 11.4 Å². The van der Waals surface area contributed by atoms with Crippen molar-refractivity contribution in [3.63, 3.8) is 0 Å². The molecule has 0 amide bonds. The van der Waals surface area contributed by atoms with Crippen LogP contribution in [0.2, 0.25) is 5.02 Å². The molecule has 0 atom stereocenters. The van der Waals surface area contributed by atoms with Crippen molar-refractivity contribution < 1.29 is 28.5 Å². The van der Waals surface area contributed by atoms with Crippen molar-refractivity contribution in [1.82, 2.24) is 0 Å². The summed E-state index contributed by atoms with van der Waals surface area (Å²) in [5.41, 5.74) is -0.720. The molecule has 0 fully saturated rings. The first kappa shape index (κ1) is 30.8. The predicted molar refractivity (Wildman–Crippen MR) is 149 cm³/mol. The molecule has 206 valence electrons. The Morgan fingerprint density at radius 1 is 0.811 bits per heavy atom. The van der Waals surface area contributed by atoms with Crippen molar-refractivity contribution in [2.45, 2.75) is 113 Å². The van der Waals surface area contributed by atoms with Crippen molar-refractivity contribution in [2.24, 2.45) is 5.41 Å². The zero-order valence-corrected chi connectivity index (χ0v) is 24.4. The Bertz CT molecular complexity index is 1070. The number of esters is 2. The first-order valence-electron chi connectivity index (χ1n) is 13.5. The van der Waals surface area contributed by atoms with Crippen molar-refractivity contribution in [1.29, 1.82) is 0 Å². The number of halogens is 1. The Labute approximate surface area is 226 Å². The number of carbonyl (C=O) groups excluding carboxylic acids is 2. The Morgan fingerprint density at radius 3 is 1.92 bits per heavy atom. The second kappa shape index (κ2) is 13.9. The fourth-order valence-electron chi connectivity index (χ4n) is 3.65. The standard InChI is InChI=1S/C30H43ClO6/c1-9-11-12-13-14-15-24(32)36-25-22-17-16-21(31)18-23(22)26(37-29(33)30(7,8)10-2)28(35-20(5)6)27(25)34-19(3)4/h16-20H,9-15H2,1-8H3. The first-order valence-corrected chi connectivity index (χ1v) is 13.8. The van der Waals surface area contributed by atoms with Crippen LogP contribution in [0.1, 0.15) is 100 Å². The summed E-state index contributed by atoms with van der Waals surface area (Å²) in [4.78, 5) is 26.1. The van der Waals surface area contributed by atoms with E-state index in [1.165, 1.54) is 0 Å². The second-order valence-corrected chi connectivity index (χ2v) is 11.0. The topological polar surface area (TPSA) is 71.1 Å². The van der Waals surface area contributed by atoms with Gasteiger partial charge in [-0.25, -0.2) is 0 Å².